The average Bonchev–Trinajstić information content (AvgIpc) is 2.28. The highest BCUT2D eigenvalue weighted by Crippen LogP contribution is 2.27. The number of benzene rings is 2. The van der Waals surface area contributed by atoms with Gasteiger partial charge in [0.2, 0.25) is 0 Å². The van der Waals surface area contributed by atoms with E-state index in [9.17, 15) is 10.2 Å². The van der Waals surface area contributed by atoms with Gasteiger partial charge in [0.1, 0.15) is 17.0 Å². The zero-order valence-electron chi connectivity index (χ0n) is 9.18. The van der Waals surface area contributed by atoms with Crippen LogP contribution in [-0.4, -0.2) is 20.2 Å². The molecular weight excluding hydrogens is 216 g/mol. The molecule has 2 aromatic carbocycles. The maximum atomic E-state index is 9.70. The molecular formula is C13H10N2O2. The fourth-order valence-electron chi connectivity index (χ4n) is 1.94. The van der Waals surface area contributed by atoms with Crippen LogP contribution in [0.2, 0.25) is 0 Å². The Morgan fingerprint density at radius 3 is 2.53 bits per heavy atom. The summed E-state index contributed by atoms with van der Waals surface area (Å²) in [4.78, 5) is 8.77. The summed E-state index contributed by atoms with van der Waals surface area (Å²) in [6, 6.07) is 8.28. The quantitative estimate of drug-likeness (QED) is 0.578. The van der Waals surface area contributed by atoms with Crippen molar-refractivity contribution in [2.24, 2.45) is 0 Å². The Morgan fingerprint density at radius 1 is 0.941 bits per heavy atom. The number of nitrogens with zero attached hydrogens (tertiary/aromatic N) is 2. The van der Waals surface area contributed by atoms with Crippen molar-refractivity contribution >= 4 is 22.1 Å². The second-order valence-electron chi connectivity index (χ2n) is 4.00. The number of hydrogen-bond acceptors (Lipinski definition) is 4. The SMILES string of the molecule is Cc1cc(O)cc2nc3c(O)cccc3nc12. The first-order valence-corrected chi connectivity index (χ1v) is 5.24. The Hall–Kier alpha value is -2.36. The number of phenols is 2. The monoisotopic (exact) mass is 226 g/mol. The number of fused-ring (bicyclic) bond motifs is 2. The van der Waals surface area contributed by atoms with Gasteiger partial charge < -0.3 is 10.2 Å². The predicted molar refractivity (Wildman–Crippen MR) is 65.1 cm³/mol. The molecule has 0 aliphatic rings. The molecule has 0 saturated heterocycles. The molecule has 0 bridgehead atoms. The van der Waals surface area contributed by atoms with Crippen LogP contribution in [0.25, 0.3) is 22.1 Å². The summed E-state index contributed by atoms with van der Waals surface area (Å²) in [7, 11) is 0. The van der Waals surface area contributed by atoms with Crippen molar-refractivity contribution in [3.8, 4) is 11.5 Å². The van der Waals surface area contributed by atoms with Gasteiger partial charge in [-0.3, -0.25) is 0 Å². The van der Waals surface area contributed by atoms with Gasteiger partial charge in [-0.25, -0.2) is 9.97 Å². The van der Waals surface area contributed by atoms with Crippen molar-refractivity contribution in [3.63, 3.8) is 0 Å². The number of hydrogen-bond donors (Lipinski definition) is 2. The topological polar surface area (TPSA) is 66.2 Å². The van der Waals surface area contributed by atoms with Gasteiger partial charge in [0, 0.05) is 6.07 Å². The van der Waals surface area contributed by atoms with E-state index >= 15 is 0 Å². The van der Waals surface area contributed by atoms with Crippen molar-refractivity contribution < 1.29 is 10.2 Å². The number of rotatable bonds is 0. The molecule has 0 unspecified atom stereocenters. The molecule has 3 aromatic rings. The van der Waals surface area contributed by atoms with Crippen LogP contribution in [0.3, 0.4) is 0 Å². The van der Waals surface area contributed by atoms with Crippen LogP contribution in [0, 0.1) is 6.92 Å². The Kier molecular flexibility index (Phi) is 1.92. The third kappa shape index (κ3) is 1.45. The van der Waals surface area contributed by atoms with E-state index in [0.717, 1.165) is 11.1 Å². The van der Waals surface area contributed by atoms with E-state index in [1.54, 1.807) is 30.3 Å². The lowest BCUT2D eigenvalue weighted by atomic mass is 10.1. The zero-order chi connectivity index (χ0) is 12.0. The van der Waals surface area contributed by atoms with E-state index in [1.165, 1.54) is 0 Å². The van der Waals surface area contributed by atoms with E-state index in [-0.39, 0.29) is 11.5 Å². The fourth-order valence-corrected chi connectivity index (χ4v) is 1.94. The molecule has 17 heavy (non-hydrogen) atoms. The number of aryl methyl sites for hydroxylation is 1. The summed E-state index contributed by atoms with van der Waals surface area (Å²) in [6.45, 7) is 1.87. The van der Waals surface area contributed by atoms with Gasteiger partial charge in [-0.05, 0) is 30.7 Å². The average molecular weight is 226 g/mol. The summed E-state index contributed by atoms with van der Waals surface area (Å²) in [5, 5.41) is 19.2. The molecule has 1 heterocycles. The predicted octanol–water partition coefficient (Wildman–Crippen LogP) is 2.50. The van der Waals surface area contributed by atoms with Gasteiger partial charge in [0.05, 0.1) is 16.6 Å². The minimum Gasteiger partial charge on any atom is -0.508 e. The molecule has 0 aliphatic heterocycles. The second-order valence-corrected chi connectivity index (χ2v) is 4.00. The summed E-state index contributed by atoms with van der Waals surface area (Å²) >= 11 is 0. The minimum absolute atomic E-state index is 0.0953. The van der Waals surface area contributed by atoms with Crippen LogP contribution in [0.15, 0.2) is 30.3 Å². The van der Waals surface area contributed by atoms with Crippen LogP contribution < -0.4 is 0 Å². The first-order chi connectivity index (χ1) is 8.15. The van der Waals surface area contributed by atoms with E-state index < -0.39 is 0 Å². The first-order valence-electron chi connectivity index (χ1n) is 5.24. The highest BCUT2D eigenvalue weighted by Gasteiger charge is 2.08. The lowest BCUT2D eigenvalue weighted by molar-refractivity contribution is 0.475. The van der Waals surface area contributed by atoms with E-state index in [0.29, 0.717) is 16.6 Å². The normalized spacial score (nSPS) is 11.1. The molecule has 1 aromatic heterocycles. The molecule has 4 heteroatoms. The fraction of sp³-hybridized carbons (Fsp3) is 0.0769. The zero-order valence-corrected chi connectivity index (χ0v) is 9.18. The number of aromatic hydroxyl groups is 2. The van der Waals surface area contributed by atoms with Crippen LogP contribution >= 0.6 is 0 Å². The van der Waals surface area contributed by atoms with Gasteiger partial charge in [0.15, 0.2) is 0 Å². The van der Waals surface area contributed by atoms with Gasteiger partial charge >= 0.3 is 0 Å². The number of phenolic OH excluding ortho intramolecular Hbond substituents is 2. The molecule has 0 aliphatic carbocycles. The first kappa shape index (κ1) is 9.84. The summed E-state index contributed by atoms with van der Waals surface area (Å²) < 4.78 is 0. The Balaban J connectivity index is 2.52. The maximum Gasteiger partial charge on any atom is 0.143 e. The van der Waals surface area contributed by atoms with Crippen molar-refractivity contribution in [1.29, 1.82) is 0 Å². The molecule has 84 valence electrons. The Labute approximate surface area is 97.2 Å². The molecule has 0 atom stereocenters. The van der Waals surface area contributed by atoms with E-state index in [1.807, 2.05) is 6.92 Å². The summed E-state index contributed by atoms with van der Waals surface area (Å²) in [6.07, 6.45) is 0. The van der Waals surface area contributed by atoms with Crippen molar-refractivity contribution in [2.45, 2.75) is 6.92 Å². The molecule has 0 fully saturated rings. The third-order valence-corrected chi connectivity index (χ3v) is 2.72. The van der Waals surface area contributed by atoms with Crippen LogP contribution in [0.1, 0.15) is 5.56 Å². The minimum atomic E-state index is 0.0953. The standard InChI is InChI=1S/C13H10N2O2/c1-7-5-8(16)6-10-12(7)14-9-3-2-4-11(17)13(9)15-10/h2-6,16-17H,1H3. The van der Waals surface area contributed by atoms with Crippen LogP contribution in [-0.2, 0) is 0 Å². The number of aromatic nitrogens is 2. The Morgan fingerprint density at radius 2 is 1.71 bits per heavy atom. The lowest BCUT2D eigenvalue weighted by Gasteiger charge is -2.05. The molecule has 0 radical (unpaired) electrons. The molecule has 3 rings (SSSR count). The molecule has 0 spiro atoms. The van der Waals surface area contributed by atoms with Crippen molar-refractivity contribution in [3.05, 3.63) is 35.9 Å². The largest absolute Gasteiger partial charge is 0.508 e. The highest BCUT2D eigenvalue weighted by molar-refractivity contribution is 5.91. The highest BCUT2D eigenvalue weighted by atomic mass is 16.3. The molecule has 4 nitrogen and oxygen atoms in total. The molecule has 2 N–H and O–H groups in total. The Bertz CT molecular complexity index is 738. The lowest BCUT2D eigenvalue weighted by Crippen LogP contribution is -1.90. The second kappa shape index (κ2) is 3.31. The maximum absolute atomic E-state index is 9.70. The summed E-state index contributed by atoms with van der Waals surface area (Å²) in [5.41, 5.74) is 3.27. The summed E-state index contributed by atoms with van der Waals surface area (Å²) in [5.74, 6) is 0.247. The van der Waals surface area contributed by atoms with Gasteiger partial charge in [-0.1, -0.05) is 6.07 Å². The van der Waals surface area contributed by atoms with Crippen LogP contribution in [0.4, 0.5) is 0 Å². The smallest absolute Gasteiger partial charge is 0.143 e. The molecule has 0 amide bonds. The van der Waals surface area contributed by atoms with Crippen molar-refractivity contribution in [2.75, 3.05) is 0 Å². The molecule has 0 saturated carbocycles. The number of para-hydroxylation sites is 1. The van der Waals surface area contributed by atoms with E-state index in [4.69, 9.17) is 0 Å². The van der Waals surface area contributed by atoms with Gasteiger partial charge in [-0.2, -0.15) is 0 Å². The van der Waals surface area contributed by atoms with Gasteiger partial charge in [-0.15, -0.1) is 0 Å². The van der Waals surface area contributed by atoms with Crippen LogP contribution in [0.5, 0.6) is 11.5 Å². The van der Waals surface area contributed by atoms with Crippen molar-refractivity contribution in [1.82, 2.24) is 9.97 Å². The van der Waals surface area contributed by atoms with Gasteiger partial charge in [0.25, 0.3) is 0 Å². The van der Waals surface area contributed by atoms with E-state index in [2.05, 4.69) is 9.97 Å². The third-order valence-electron chi connectivity index (χ3n) is 2.72.